The number of benzene rings is 2. The fourth-order valence-electron chi connectivity index (χ4n) is 3.43. The van der Waals surface area contributed by atoms with Gasteiger partial charge in [-0.2, -0.15) is 5.10 Å². The van der Waals surface area contributed by atoms with Crippen LogP contribution in [0.2, 0.25) is 0 Å². The van der Waals surface area contributed by atoms with Crippen LogP contribution >= 0.6 is 0 Å². The predicted octanol–water partition coefficient (Wildman–Crippen LogP) is 4.37. The number of nitrogens with one attached hydrogen (secondary N) is 1. The zero-order chi connectivity index (χ0) is 22.0. The first-order valence-corrected chi connectivity index (χ1v) is 9.90. The standard InChI is InChI=1S/C24H24N4O3/c1-15-5-7-17(8-6-15)14-28-23-20(13-25-28)19(11-16(2)26-23)24(29)27-21-10-9-18(30-3)12-22(21)31-4/h5-13H,14H2,1-4H3,(H,27,29). The van der Waals surface area contributed by atoms with Gasteiger partial charge in [-0.1, -0.05) is 29.8 Å². The molecule has 158 valence electrons. The second kappa shape index (κ2) is 8.47. The van der Waals surface area contributed by atoms with Crippen molar-refractivity contribution in [2.75, 3.05) is 19.5 Å². The van der Waals surface area contributed by atoms with Crippen LogP contribution in [-0.2, 0) is 6.54 Å². The summed E-state index contributed by atoms with van der Waals surface area (Å²) in [6, 6.07) is 15.3. The number of rotatable bonds is 6. The van der Waals surface area contributed by atoms with Crippen LogP contribution in [0.1, 0.15) is 27.2 Å². The largest absolute Gasteiger partial charge is 0.497 e. The van der Waals surface area contributed by atoms with E-state index in [1.807, 2.05) is 11.6 Å². The molecule has 0 bridgehead atoms. The highest BCUT2D eigenvalue weighted by Crippen LogP contribution is 2.30. The summed E-state index contributed by atoms with van der Waals surface area (Å²) in [4.78, 5) is 17.8. The predicted molar refractivity (Wildman–Crippen MR) is 120 cm³/mol. The fraction of sp³-hybridized carbons (Fsp3) is 0.208. The first kappa shape index (κ1) is 20.4. The number of pyridine rings is 1. The Morgan fingerprint density at radius 1 is 1.03 bits per heavy atom. The van der Waals surface area contributed by atoms with Crippen molar-refractivity contribution in [2.45, 2.75) is 20.4 Å². The van der Waals surface area contributed by atoms with Crippen molar-refractivity contribution >= 4 is 22.6 Å². The number of carbonyl (C=O) groups excluding carboxylic acids is 1. The first-order chi connectivity index (χ1) is 15.0. The smallest absolute Gasteiger partial charge is 0.256 e. The Morgan fingerprint density at radius 2 is 1.81 bits per heavy atom. The molecular weight excluding hydrogens is 392 g/mol. The van der Waals surface area contributed by atoms with Gasteiger partial charge in [-0.25, -0.2) is 9.67 Å². The molecule has 1 N–H and O–H groups in total. The number of ether oxygens (including phenoxy) is 2. The monoisotopic (exact) mass is 416 g/mol. The summed E-state index contributed by atoms with van der Waals surface area (Å²) >= 11 is 0. The van der Waals surface area contributed by atoms with Crippen LogP contribution < -0.4 is 14.8 Å². The average Bonchev–Trinajstić information content (AvgIpc) is 3.17. The summed E-state index contributed by atoms with van der Waals surface area (Å²) in [6.45, 7) is 4.50. The zero-order valence-corrected chi connectivity index (χ0v) is 18.0. The molecule has 0 radical (unpaired) electrons. The molecule has 4 rings (SSSR count). The van der Waals surface area contributed by atoms with Crippen LogP contribution in [0.5, 0.6) is 11.5 Å². The lowest BCUT2D eigenvalue weighted by atomic mass is 10.1. The Bertz CT molecular complexity index is 1250. The molecule has 0 aliphatic rings. The normalized spacial score (nSPS) is 10.8. The Balaban J connectivity index is 1.67. The number of aryl methyl sites for hydroxylation is 2. The highest BCUT2D eigenvalue weighted by atomic mass is 16.5. The van der Waals surface area contributed by atoms with Gasteiger partial charge in [0.05, 0.1) is 43.6 Å². The molecule has 0 fully saturated rings. The van der Waals surface area contributed by atoms with Gasteiger partial charge >= 0.3 is 0 Å². The number of hydrogen-bond acceptors (Lipinski definition) is 5. The summed E-state index contributed by atoms with van der Waals surface area (Å²) in [6.07, 6.45) is 1.69. The van der Waals surface area contributed by atoms with Gasteiger partial charge in [0.2, 0.25) is 0 Å². The van der Waals surface area contributed by atoms with Crippen molar-refractivity contribution in [3.8, 4) is 11.5 Å². The minimum atomic E-state index is -0.256. The number of hydrogen-bond donors (Lipinski definition) is 1. The van der Waals surface area contributed by atoms with Gasteiger partial charge in [0.15, 0.2) is 5.65 Å². The first-order valence-electron chi connectivity index (χ1n) is 9.90. The lowest BCUT2D eigenvalue weighted by Gasteiger charge is -2.12. The Morgan fingerprint density at radius 3 is 2.52 bits per heavy atom. The van der Waals surface area contributed by atoms with Crippen LogP contribution in [0.3, 0.4) is 0 Å². The molecule has 0 atom stereocenters. The maximum atomic E-state index is 13.1. The Labute approximate surface area is 180 Å². The SMILES string of the molecule is COc1ccc(NC(=O)c2cc(C)nc3c2cnn3Cc2ccc(C)cc2)c(OC)c1. The number of methoxy groups -OCH3 is 2. The quantitative estimate of drug-likeness (QED) is 0.505. The van der Waals surface area contributed by atoms with Crippen LogP contribution in [0.4, 0.5) is 5.69 Å². The van der Waals surface area contributed by atoms with Crippen molar-refractivity contribution in [1.29, 1.82) is 0 Å². The fourth-order valence-corrected chi connectivity index (χ4v) is 3.43. The van der Waals surface area contributed by atoms with Crippen molar-refractivity contribution in [1.82, 2.24) is 14.8 Å². The molecule has 0 aliphatic heterocycles. The van der Waals surface area contributed by atoms with E-state index in [0.717, 1.165) is 11.3 Å². The summed E-state index contributed by atoms with van der Waals surface area (Å²) in [5.74, 6) is 0.910. The van der Waals surface area contributed by atoms with Crippen LogP contribution in [0.25, 0.3) is 11.0 Å². The lowest BCUT2D eigenvalue weighted by Crippen LogP contribution is -2.14. The summed E-state index contributed by atoms with van der Waals surface area (Å²) in [5, 5.41) is 8.12. The van der Waals surface area contributed by atoms with Gasteiger partial charge in [-0.05, 0) is 37.6 Å². The molecule has 7 heteroatoms. The molecule has 7 nitrogen and oxygen atoms in total. The lowest BCUT2D eigenvalue weighted by molar-refractivity contribution is 0.102. The molecular formula is C24H24N4O3. The van der Waals surface area contributed by atoms with Gasteiger partial charge in [0, 0.05) is 11.8 Å². The maximum absolute atomic E-state index is 13.1. The Kier molecular flexibility index (Phi) is 5.58. The minimum Gasteiger partial charge on any atom is -0.497 e. The third-order valence-corrected chi connectivity index (χ3v) is 5.09. The van der Waals surface area contributed by atoms with E-state index in [0.29, 0.717) is 40.3 Å². The van der Waals surface area contributed by atoms with Gasteiger partial charge in [0.25, 0.3) is 5.91 Å². The average molecular weight is 416 g/mol. The Hall–Kier alpha value is -3.87. The van der Waals surface area contributed by atoms with E-state index < -0.39 is 0 Å². The number of carbonyl (C=O) groups is 1. The van der Waals surface area contributed by atoms with E-state index in [1.54, 1.807) is 44.7 Å². The number of fused-ring (bicyclic) bond motifs is 1. The van der Waals surface area contributed by atoms with E-state index in [4.69, 9.17) is 9.47 Å². The van der Waals surface area contributed by atoms with Gasteiger partial charge in [-0.15, -0.1) is 0 Å². The molecule has 0 saturated carbocycles. The highest BCUT2D eigenvalue weighted by molar-refractivity contribution is 6.12. The van der Waals surface area contributed by atoms with E-state index >= 15 is 0 Å². The van der Waals surface area contributed by atoms with Gasteiger partial charge in [-0.3, -0.25) is 4.79 Å². The third-order valence-electron chi connectivity index (χ3n) is 5.09. The van der Waals surface area contributed by atoms with Crippen molar-refractivity contribution in [2.24, 2.45) is 0 Å². The molecule has 0 aliphatic carbocycles. The molecule has 0 saturated heterocycles. The zero-order valence-electron chi connectivity index (χ0n) is 18.0. The highest BCUT2D eigenvalue weighted by Gasteiger charge is 2.18. The molecule has 1 amide bonds. The van der Waals surface area contributed by atoms with Gasteiger partial charge < -0.3 is 14.8 Å². The second-order valence-electron chi connectivity index (χ2n) is 7.36. The van der Waals surface area contributed by atoms with E-state index in [-0.39, 0.29) is 5.91 Å². The van der Waals surface area contributed by atoms with E-state index in [9.17, 15) is 4.79 Å². The number of anilines is 1. The molecule has 0 unspecified atom stereocenters. The van der Waals surface area contributed by atoms with E-state index in [2.05, 4.69) is 46.6 Å². The molecule has 31 heavy (non-hydrogen) atoms. The van der Waals surface area contributed by atoms with E-state index in [1.165, 1.54) is 5.56 Å². The van der Waals surface area contributed by atoms with Crippen molar-refractivity contribution < 1.29 is 14.3 Å². The maximum Gasteiger partial charge on any atom is 0.256 e. The van der Waals surface area contributed by atoms with Crippen molar-refractivity contribution in [3.63, 3.8) is 0 Å². The van der Waals surface area contributed by atoms with Crippen LogP contribution in [-0.4, -0.2) is 34.9 Å². The number of nitrogens with zero attached hydrogens (tertiary/aromatic N) is 3. The van der Waals surface area contributed by atoms with Crippen LogP contribution in [0.15, 0.2) is 54.7 Å². The molecule has 0 spiro atoms. The summed E-state index contributed by atoms with van der Waals surface area (Å²) in [7, 11) is 3.13. The topological polar surface area (TPSA) is 78.3 Å². The van der Waals surface area contributed by atoms with Crippen LogP contribution in [0, 0.1) is 13.8 Å². The third kappa shape index (κ3) is 4.21. The van der Waals surface area contributed by atoms with Gasteiger partial charge in [0.1, 0.15) is 11.5 Å². The number of aromatic nitrogens is 3. The molecule has 2 aromatic heterocycles. The second-order valence-corrected chi connectivity index (χ2v) is 7.36. The summed E-state index contributed by atoms with van der Waals surface area (Å²) < 4.78 is 12.4. The molecule has 4 aromatic rings. The minimum absolute atomic E-state index is 0.256. The molecule has 2 aromatic carbocycles. The molecule has 2 heterocycles. The summed E-state index contributed by atoms with van der Waals surface area (Å²) in [5.41, 5.74) is 4.81. The van der Waals surface area contributed by atoms with Crippen molar-refractivity contribution in [3.05, 3.63) is 77.1 Å². The number of amides is 1.